The van der Waals surface area contributed by atoms with Gasteiger partial charge < -0.3 is 20.2 Å². The first-order valence-electron chi connectivity index (χ1n) is 7.47. The molecule has 0 bridgehead atoms. The lowest BCUT2D eigenvalue weighted by atomic mass is 10.3. The number of fused-ring (bicyclic) bond motifs is 1. The number of alkyl halides is 1. The van der Waals surface area contributed by atoms with Gasteiger partial charge in [-0.2, -0.15) is 0 Å². The number of aromatic nitrogens is 1. The van der Waals surface area contributed by atoms with E-state index in [4.69, 9.17) is 16.6 Å². The zero-order chi connectivity index (χ0) is 15.5. The highest BCUT2D eigenvalue weighted by atomic mass is 35.5. The quantitative estimate of drug-likeness (QED) is 0.816. The van der Waals surface area contributed by atoms with Gasteiger partial charge in [0, 0.05) is 38.4 Å². The second kappa shape index (κ2) is 7.00. The largest absolute Gasteiger partial charge is 0.390 e. The average molecular weight is 341 g/mol. The third-order valence-electron chi connectivity index (χ3n) is 3.87. The monoisotopic (exact) mass is 340 g/mol. The van der Waals surface area contributed by atoms with E-state index in [1.165, 1.54) is 4.70 Å². The predicted molar refractivity (Wildman–Crippen MR) is 94.5 cm³/mol. The molecular weight excluding hydrogens is 320 g/mol. The van der Waals surface area contributed by atoms with E-state index < -0.39 is 6.10 Å². The number of hydrogen-bond acceptors (Lipinski definition) is 6. The fourth-order valence-electron chi connectivity index (χ4n) is 2.45. The number of likely N-dealkylation sites (N-methyl/N-ethyl adjacent to an activating group) is 1. The zero-order valence-electron chi connectivity index (χ0n) is 12.6. The molecule has 2 N–H and O–H groups in total. The van der Waals surface area contributed by atoms with Crippen LogP contribution in [-0.2, 0) is 0 Å². The molecule has 1 atom stereocenters. The molecule has 1 saturated heterocycles. The van der Waals surface area contributed by atoms with Crippen molar-refractivity contribution < 1.29 is 5.11 Å². The van der Waals surface area contributed by atoms with E-state index in [2.05, 4.69) is 28.2 Å². The Morgan fingerprint density at radius 3 is 2.86 bits per heavy atom. The summed E-state index contributed by atoms with van der Waals surface area (Å²) in [4.78, 5) is 9.44. The van der Waals surface area contributed by atoms with Crippen molar-refractivity contribution in [3.05, 3.63) is 18.2 Å². The first kappa shape index (κ1) is 15.8. The molecule has 2 aromatic rings. The number of piperazine rings is 1. The standard InChI is InChI=1S/C15H21ClN4OS/c1-19-4-6-20(7-5-19)15-18-13-3-2-11(8-14(13)22-15)17-10-12(21)9-16/h2-3,8,12,17,21H,4-7,9-10H2,1H3. The number of nitrogens with zero attached hydrogens (tertiary/aromatic N) is 3. The van der Waals surface area contributed by atoms with Crippen molar-refractivity contribution in [2.45, 2.75) is 6.10 Å². The molecule has 0 spiro atoms. The number of benzene rings is 1. The van der Waals surface area contributed by atoms with Crippen molar-refractivity contribution in [1.29, 1.82) is 0 Å². The molecule has 0 amide bonds. The van der Waals surface area contributed by atoms with E-state index in [1.54, 1.807) is 11.3 Å². The van der Waals surface area contributed by atoms with Gasteiger partial charge in [-0.25, -0.2) is 4.98 Å². The molecule has 0 aliphatic carbocycles. The maximum absolute atomic E-state index is 9.51. The molecule has 1 aromatic carbocycles. The molecule has 0 saturated carbocycles. The number of anilines is 2. The smallest absolute Gasteiger partial charge is 0.186 e. The van der Waals surface area contributed by atoms with Gasteiger partial charge in [0.1, 0.15) is 0 Å². The molecule has 2 heterocycles. The Kier molecular flexibility index (Phi) is 5.03. The maximum Gasteiger partial charge on any atom is 0.186 e. The molecule has 22 heavy (non-hydrogen) atoms. The van der Waals surface area contributed by atoms with E-state index in [0.717, 1.165) is 42.5 Å². The molecule has 7 heteroatoms. The van der Waals surface area contributed by atoms with Crippen LogP contribution in [0, 0.1) is 0 Å². The van der Waals surface area contributed by atoms with Gasteiger partial charge in [0.25, 0.3) is 0 Å². The number of halogens is 1. The summed E-state index contributed by atoms with van der Waals surface area (Å²) in [6.45, 7) is 4.68. The van der Waals surface area contributed by atoms with Crippen LogP contribution in [0.25, 0.3) is 10.2 Å². The van der Waals surface area contributed by atoms with Gasteiger partial charge in [-0.3, -0.25) is 0 Å². The van der Waals surface area contributed by atoms with E-state index in [1.807, 2.05) is 12.1 Å². The Morgan fingerprint density at radius 1 is 1.36 bits per heavy atom. The zero-order valence-corrected chi connectivity index (χ0v) is 14.2. The van der Waals surface area contributed by atoms with Crippen molar-refractivity contribution in [2.75, 3.05) is 55.9 Å². The van der Waals surface area contributed by atoms with Gasteiger partial charge in [-0.15, -0.1) is 11.6 Å². The number of hydrogen-bond donors (Lipinski definition) is 2. The summed E-state index contributed by atoms with van der Waals surface area (Å²) < 4.78 is 1.17. The molecule has 1 aliphatic rings. The van der Waals surface area contributed by atoms with Crippen molar-refractivity contribution >= 4 is 44.0 Å². The molecule has 3 rings (SSSR count). The van der Waals surface area contributed by atoms with Gasteiger partial charge in [0.05, 0.1) is 22.2 Å². The fraction of sp³-hybridized carbons (Fsp3) is 0.533. The lowest BCUT2D eigenvalue weighted by Crippen LogP contribution is -2.44. The van der Waals surface area contributed by atoms with Crippen LogP contribution in [0.15, 0.2) is 18.2 Å². The number of aliphatic hydroxyl groups is 1. The maximum atomic E-state index is 9.51. The molecule has 0 radical (unpaired) electrons. The predicted octanol–water partition coefficient (Wildman–Crippen LogP) is 2.06. The summed E-state index contributed by atoms with van der Waals surface area (Å²) in [6.07, 6.45) is -0.528. The van der Waals surface area contributed by atoms with Crippen LogP contribution in [0.2, 0.25) is 0 Å². The first-order valence-corrected chi connectivity index (χ1v) is 8.83. The molecule has 1 unspecified atom stereocenters. The summed E-state index contributed by atoms with van der Waals surface area (Å²) in [6, 6.07) is 6.12. The van der Waals surface area contributed by atoms with Gasteiger partial charge in [0.2, 0.25) is 0 Å². The minimum Gasteiger partial charge on any atom is -0.390 e. The molecule has 1 aromatic heterocycles. The highest BCUT2D eigenvalue weighted by Crippen LogP contribution is 2.31. The average Bonchev–Trinajstić information content (AvgIpc) is 2.96. The van der Waals surface area contributed by atoms with Crippen molar-refractivity contribution in [3.8, 4) is 0 Å². The molecule has 1 aliphatic heterocycles. The van der Waals surface area contributed by atoms with Gasteiger partial charge in [-0.1, -0.05) is 11.3 Å². The number of nitrogens with one attached hydrogen (secondary N) is 1. The fourth-order valence-corrected chi connectivity index (χ4v) is 3.61. The first-order chi connectivity index (χ1) is 10.7. The summed E-state index contributed by atoms with van der Waals surface area (Å²) in [7, 11) is 2.16. The van der Waals surface area contributed by atoms with E-state index in [0.29, 0.717) is 6.54 Å². The Labute approximate surface area is 139 Å². The molecule has 1 fully saturated rings. The summed E-state index contributed by atoms with van der Waals surface area (Å²) >= 11 is 7.33. The van der Waals surface area contributed by atoms with Crippen molar-refractivity contribution in [3.63, 3.8) is 0 Å². The van der Waals surface area contributed by atoms with E-state index in [-0.39, 0.29) is 5.88 Å². The van der Waals surface area contributed by atoms with Gasteiger partial charge >= 0.3 is 0 Å². The number of aliphatic hydroxyl groups excluding tert-OH is 1. The minimum absolute atomic E-state index is 0.239. The van der Waals surface area contributed by atoms with Gasteiger partial charge in [-0.05, 0) is 25.2 Å². The van der Waals surface area contributed by atoms with Crippen LogP contribution < -0.4 is 10.2 Å². The summed E-state index contributed by atoms with van der Waals surface area (Å²) in [5.74, 6) is 0.239. The summed E-state index contributed by atoms with van der Waals surface area (Å²) in [5.41, 5.74) is 2.02. The number of thiazole rings is 1. The second-order valence-electron chi connectivity index (χ2n) is 5.66. The van der Waals surface area contributed by atoms with Crippen LogP contribution in [0.4, 0.5) is 10.8 Å². The third-order valence-corrected chi connectivity index (χ3v) is 5.31. The van der Waals surface area contributed by atoms with Crippen LogP contribution in [0.3, 0.4) is 0 Å². The van der Waals surface area contributed by atoms with Crippen LogP contribution >= 0.6 is 22.9 Å². The van der Waals surface area contributed by atoms with Crippen molar-refractivity contribution in [2.24, 2.45) is 0 Å². The van der Waals surface area contributed by atoms with E-state index >= 15 is 0 Å². The molecular formula is C15H21ClN4OS. The Hall–Kier alpha value is -1.08. The minimum atomic E-state index is -0.528. The number of rotatable bonds is 5. The Bertz CT molecular complexity index is 627. The van der Waals surface area contributed by atoms with E-state index in [9.17, 15) is 5.11 Å². The molecule has 120 valence electrons. The highest BCUT2D eigenvalue weighted by molar-refractivity contribution is 7.22. The highest BCUT2D eigenvalue weighted by Gasteiger charge is 2.17. The normalized spacial score (nSPS) is 17.9. The Balaban J connectivity index is 1.72. The third kappa shape index (κ3) is 3.63. The topological polar surface area (TPSA) is 51.6 Å². The van der Waals surface area contributed by atoms with Gasteiger partial charge in [0.15, 0.2) is 5.13 Å². The summed E-state index contributed by atoms with van der Waals surface area (Å²) in [5, 5.41) is 13.8. The van der Waals surface area contributed by atoms with Crippen molar-refractivity contribution in [1.82, 2.24) is 9.88 Å². The Morgan fingerprint density at radius 2 is 2.14 bits per heavy atom. The lowest BCUT2D eigenvalue weighted by Gasteiger charge is -2.31. The SMILES string of the molecule is CN1CCN(c2nc3ccc(NCC(O)CCl)cc3s2)CC1. The molecule has 5 nitrogen and oxygen atoms in total. The lowest BCUT2D eigenvalue weighted by molar-refractivity contribution is 0.211. The second-order valence-corrected chi connectivity index (χ2v) is 6.98. The van der Waals surface area contributed by atoms with Crippen LogP contribution in [0.1, 0.15) is 0 Å². The van der Waals surface area contributed by atoms with Crippen LogP contribution in [0.5, 0.6) is 0 Å². The van der Waals surface area contributed by atoms with Crippen LogP contribution in [-0.4, -0.2) is 66.7 Å².